The van der Waals surface area contributed by atoms with Gasteiger partial charge in [0.15, 0.2) is 5.82 Å². The molecule has 8 heteroatoms. The van der Waals surface area contributed by atoms with E-state index in [1.165, 1.54) is 6.20 Å². The van der Waals surface area contributed by atoms with Crippen molar-refractivity contribution in [2.75, 3.05) is 6.61 Å². The van der Waals surface area contributed by atoms with Crippen molar-refractivity contribution in [3.63, 3.8) is 0 Å². The summed E-state index contributed by atoms with van der Waals surface area (Å²) < 4.78 is 21.6. The number of halogens is 1. The van der Waals surface area contributed by atoms with Gasteiger partial charge < -0.3 is 10.1 Å². The zero-order valence-electron chi connectivity index (χ0n) is 16.6. The van der Waals surface area contributed by atoms with Gasteiger partial charge in [-0.3, -0.25) is 14.5 Å². The second kappa shape index (κ2) is 7.51. The number of aryl methyl sites for hydroxylation is 1. The van der Waals surface area contributed by atoms with Crippen molar-refractivity contribution < 1.29 is 13.9 Å². The van der Waals surface area contributed by atoms with Crippen LogP contribution in [-0.2, 0) is 6.54 Å². The first kappa shape index (κ1) is 18.7. The molecule has 1 unspecified atom stereocenters. The van der Waals surface area contributed by atoms with Crippen LogP contribution in [0.3, 0.4) is 0 Å². The van der Waals surface area contributed by atoms with Crippen LogP contribution >= 0.6 is 0 Å². The maximum absolute atomic E-state index is 14.4. The quantitative estimate of drug-likeness (QED) is 0.675. The molecule has 5 rings (SSSR count). The molecule has 30 heavy (non-hydrogen) atoms. The molecule has 1 amide bonds. The van der Waals surface area contributed by atoms with Gasteiger partial charge in [-0.25, -0.2) is 9.37 Å². The third-order valence-electron chi connectivity index (χ3n) is 5.54. The Bertz CT molecular complexity index is 1110. The highest BCUT2D eigenvalue weighted by Crippen LogP contribution is 2.40. The zero-order valence-corrected chi connectivity index (χ0v) is 16.6. The van der Waals surface area contributed by atoms with Gasteiger partial charge in [0, 0.05) is 41.5 Å². The normalized spacial score (nSPS) is 17.6. The smallest absolute Gasteiger partial charge is 0.252 e. The fraction of sp³-hybridized carbons (Fsp3) is 0.364. The van der Waals surface area contributed by atoms with Crippen LogP contribution in [0.2, 0.25) is 0 Å². The largest absolute Gasteiger partial charge is 0.478 e. The van der Waals surface area contributed by atoms with Gasteiger partial charge in [0.25, 0.3) is 5.91 Å². The Morgan fingerprint density at radius 1 is 1.27 bits per heavy atom. The number of amides is 1. The van der Waals surface area contributed by atoms with Crippen LogP contribution in [-0.4, -0.2) is 32.3 Å². The molecule has 154 valence electrons. The van der Waals surface area contributed by atoms with Crippen LogP contribution in [0.5, 0.6) is 5.88 Å². The monoisotopic (exact) mass is 407 g/mol. The van der Waals surface area contributed by atoms with Crippen LogP contribution in [0, 0.1) is 5.82 Å². The molecule has 1 aliphatic carbocycles. The van der Waals surface area contributed by atoms with Gasteiger partial charge >= 0.3 is 0 Å². The van der Waals surface area contributed by atoms with Gasteiger partial charge in [0.1, 0.15) is 0 Å². The fourth-order valence-electron chi connectivity index (χ4n) is 3.84. The number of carbonyl (C=O) groups excluding carboxylic acids is 1. The third-order valence-corrected chi connectivity index (χ3v) is 5.54. The van der Waals surface area contributed by atoms with Crippen LogP contribution in [0.4, 0.5) is 4.39 Å². The minimum Gasteiger partial charge on any atom is -0.478 e. The molecule has 1 atom stereocenters. The number of hydrogen-bond donors (Lipinski definition) is 1. The van der Waals surface area contributed by atoms with E-state index >= 15 is 0 Å². The lowest BCUT2D eigenvalue weighted by molar-refractivity contribution is 0.0936. The molecule has 0 radical (unpaired) electrons. The summed E-state index contributed by atoms with van der Waals surface area (Å²) in [4.78, 5) is 21.0. The predicted octanol–water partition coefficient (Wildman–Crippen LogP) is 3.63. The number of nitrogens with one attached hydrogen (secondary N) is 1. The first-order valence-electron chi connectivity index (χ1n) is 10.3. The molecule has 2 aliphatic rings. The van der Waals surface area contributed by atoms with Crippen molar-refractivity contribution in [2.24, 2.45) is 0 Å². The third kappa shape index (κ3) is 3.53. The summed E-state index contributed by atoms with van der Waals surface area (Å²) in [7, 11) is 0. The standard InChI is InChI=1S/C22H22FN5O2/c1-2-30-21-9-14(5-7-24-21)22(29)26-17-6-8-28-20(17)11-19(27-28)15-10-18(13-3-4-13)25-12-16(15)23/h5,7,9-13,17H,2-4,6,8H2,1H3,(H,26,29). The summed E-state index contributed by atoms with van der Waals surface area (Å²) >= 11 is 0. The van der Waals surface area contributed by atoms with E-state index in [2.05, 4.69) is 20.4 Å². The van der Waals surface area contributed by atoms with E-state index in [0.717, 1.165) is 30.7 Å². The highest BCUT2D eigenvalue weighted by atomic mass is 19.1. The number of hydrogen-bond acceptors (Lipinski definition) is 5. The van der Waals surface area contributed by atoms with Crippen molar-refractivity contribution in [1.82, 2.24) is 25.1 Å². The van der Waals surface area contributed by atoms with Gasteiger partial charge in [-0.15, -0.1) is 0 Å². The molecule has 1 saturated carbocycles. The molecular formula is C22H22FN5O2. The Morgan fingerprint density at radius 2 is 2.13 bits per heavy atom. The Kier molecular flexibility index (Phi) is 4.69. The lowest BCUT2D eigenvalue weighted by Gasteiger charge is -2.12. The molecule has 3 aromatic rings. The van der Waals surface area contributed by atoms with E-state index in [-0.39, 0.29) is 17.8 Å². The number of aromatic nitrogens is 4. The van der Waals surface area contributed by atoms with E-state index in [1.807, 2.05) is 23.7 Å². The van der Waals surface area contributed by atoms with Crippen LogP contribution in [0.15, 0.2) is 36.7 Å². The molecule has 7 nitrogen and oxygen atoms in total. The van der Waals surface area contributed by atoms with Crippen molar-refractivity contribution >= 4 is 5.91 Å². The second-order valence-corrected chi connectivity index (χ2v) is 7.67. The Morgan fingerprint density at radius 3 is 2.93 bits per heavy atom. The minimum absolute atomic E-state index is 0.185. The minimum atomic E-state index is -0.378. The fourth-order valence-corrected chi connectivity index (χ4v) is 3.84. The van der Waals surface area contributed by atoms with Crippen molar-refractivity contribution in [1.29, 1.82) is 0 Å². The van der Waals surface area contributed by atoms with Gasteiger partial charge in [0.05, 0.1) is 30.2 Å². The Hall–Kier alpha value is -3.29. The van der Waals surface area contributed by atoms with E-state index in [4.69, 9.17) is 4.74 Å². The zero-order chi connectivity index (χ0) is 20.7. The first-order valence-corrected chi connectivity index (χ1v) is 10.3. The molecule has 0 spiro atoms. The molecule has 1 N–H and O–H groups in total. The molecule has 4 heterocycles. The average Bonchev–Trinajstić information content (AvgIpc) is 3.41. The first-order chi connectivity index (χ1) is 14.6. The predicted molar refractivity (Wildman–Crippen MR) is 108 cm³/mol. The van der Waals surface area contributed by atoms with Crippen molar-refractivity contribution in [2.45, 2.75) is 44.7 Å². The summed E-state index contributed by atoms with van der Waals surface area (Å²) in [6.45, 7) is 3.02. The number of nitrogens with zero attached hydrogens (tertiary/aromatic N) is 4. The van der Waals surface area contributed by atoms with E-state index in [1.54, 1.807) is 18.3 Å². The summed E-state index contributed by atoms with van der Waals surface area (Å²) in [5, 5.41) is 7.63. The molecule has 1 fully saturated rings. The number of carbonyl (C=O) groups is 1. The second-order valence-electron chi connectivity index (χ2n) is 7.67. The maximum atomic E-state index is 14.4. The SMILES string of the molecule is CCOc1cc(C(=O)NC2CCn3nc(-c4cc(C5CC5)ncc4F)cc32)ccn1. The summed E-state index contributed by atoms with van der Waals surface area (Å²) in [6, 6.07) is 6.77. The molecule has 0 aromatic carbocycles. The average molecular weight is 407 g/mol. The lowest BCUT2D eigenvalue weighted by atomic mass is 10.1. The van der Waals surface area contributed by atoms with Gasteiger partial charge in [-0.2, -0.15) is 5.10 Å². The van der Waals surface area contributed by atoms with E-state index in [9.17, 15) is 9.18 Å². The van der Waals surface area contributed by atoms with Gasteiger partial charge in [-0.05, 0) is 44.4 Å². The van der Waals surface area contributed by atoms with E-state index < -0.39 is 0 Å². The number of ether oxygens (including phenoxy) is 1. The maximum Gasteiger partial charge on any atom is 0.252 e. The van der Waals surface area contributed by atoms with E-state index in [0.29, 0.717) is 41.8 Å². The Balaban J connectivity index is 1.37. The molecule has 1 aliphatic heterocycles. The van der Waals surface area contributed by atoms with Crippen molar-refractivity contribution in [3.05, 3.63) is 59.4 Å². The number of fused-ring (bicyclic) bond motifs is 1. The highest BCUT2D eigenvalue weighted by Gasteiger charge is 2.29. The summed E-state index contributed by atoms with van der Waals surface area (Å²) in [6.07, 6.45) is 5.79. The van der Waals surface area contributed by atoms with Crippen LogP contribution in [0.25, 0.3) is 11.3 Å². The highest BCUT2D eigenvalue weighted by molar-refractivity contribution is 5.94. The Labute approximate surface area is 173 Å². The molecule has 0 saturated heterocycles. The number of pyridine rings is 2. The van der Waals surface area contributed by atoms with Gasteiger partial charge in [0.2, 0.25) is 5.88 Å². The molecule has 0 bridgehead atoms. The summed E-state index contributed by atoms with van der Waals surface area (Å²) in [5.74, 6) is 0.277. The van der Waals surface area contributed by atoms with Crippen LogP contribution < -0.4 is 10.1 Å². The summed E-state index contributed by atoms with van der Waals surface area (Å²) in [5.41, 5.74) is 3.33. The molecule has 3 aromatic heterocycles. The lowest BCUT2D eigenvalue weighted by Crippen LogP contribution is -2.27. The van der Waals surface area contributed by atoms with Crippen molar-refractivity contribution in [3.8, 4) is 17.1 Å². The number of rotatable bonds is 6. The van der Waals surface area contributed by atoms with Crippen LogP contribution in [0.1, 0.15) is 59.9 Å². The van der Waals surface area contributed by atoms with Gasteiger partial charge in [-0.1, -0.05) is 0 Å². The molecular weight excluding hydrogens is 385 g/mol. The topological polar surface area (TPSA) is 81.9 Å².